The summed E-state index contributed by atoms with van der Waals surface area (Å²) in [6, 6.07) is 18.2. The van der Waals surface area contributed by atoms with Crippen LogP contribution in [0, 0.1) is 0 Å². The molecule has 0 radical (unpaired) electrons. The van der Waals surface area contributed by atoms with E-state index in [1.54, 1.807) is 11.8 Å². The number of hydrogen-bond donors (Lipinski definition) is 0. The van der Waals surface area contributed by atoms with Crippen LogP contribution in [0.1, 0.15) is 43.1 Å². The average molecular weight is 298 g/mol. The van der Waals surface area contributed by atoms with Gasteiger partial charge >= 0.3 is 0 Å². The summed E-state index contributed by atoms with van der Waals surface area (Å²) in [4.78, 5) is 13.2. The van der Waals surface area contributed by atoms with Crippen LogP contribution in [0.2, 0.25) is 0 Å². The summed E-state index contributed by atoms with van der Waals surface area (Å²) in [5.74, 6) is 1.04. The minimum atomic E-state index is 0.187. The van der Waals surface area contributed by atoms with Crippen LogP contribution in [0.15, 0.2) is 59.5 Å². The van der Waals surface area contributed by atoms with Crippen molar-refractivity contribution in [3.8, 4) is 0 Å². The first-order valence-corrected chi connectivity index (χ1v) is 8.27. The average Bonchev–Trinajstić information content (AvgIpc) is 2.47. The van der Waals surface area contributed by atoms with Crippen molar-refractivity contribution in [1.82, 2.24) is 0 Å². The molecule has 0 bridgehead atoms. The maximum absolute atomic E-state index is 12.0. The van der Waals surface area contributed by atoms with Gasteiger partial charge in [0.2, 0.25) is 0 Å². The highest BCUT2D eigenvalue weighted by Crippen LogP contribution is 2.26. The van der Waals surface area contributed by atoms with Crippen LogP contribution >= 0.6 is 11.8 Å². The fourth-order valence-corrected chi connectivity index (χ4v) is 2.93. The molecule has 0 N–H and O–H groups in total. The standard InChI is InChI=1S/C19H22OS/c1-19(2,3)16-9-11-17(12-10-16)21-14-13-18(20)15-7-5-4-6-8-15/h4-12H,13-14H2,1-3H3. The Morgan fingerprint density at radius 1 is 0.952 bits per heavy atom. The molecule has 0 aliphatic rings. The minimum Gasteiger partial charge on any atom is -0.294 e. The first-order valence-electron chi connectivity index (χ1n) is 7.28. The van der Waals surface area contributed by atoms with Crippen molar-refractivity contribution in [2.45, 2.75) is 37.5 Å². The predicted octanol–water partition coefficient (Wildman–Crippen LogP) is 5.35. The zero-order valence-corrected chi connectivity index (χ0v) is 13.7. The van der Waals surface area contributed by atoms with Gasteiger partial charge in [0.1, 0.15) is 0 Å². The van der Waals surface area contributed by atoms with E-state index in [-0.39, 0.29) is 11.2 Å². The maximum Gasteiger partial charge on any atom is 0.163 e. The lowest BCUT2D eigenvalue weighted by Gasteiger charge is -2.19. The molecule has 0 atom stereocenters. The predicted molar refractivity (Wildman–Crippen MR) is 91.3 cm³/mol. The Hall–Kier alpha value is -1.54. The smallest absolute Gasteiger partial charge is 0.163 e. The Bertz CT molecular complexity index is 579. The van der Waals surface area contributed by atoms with Crippen LogP contribution < -0.4 is 0 Å². The molecular weight excluding hydrogens is 276 g/mol. The maximum atomic E-state index is 12.0. The second-order valence-corrected chi connectivity index (χ2v) is 7.33. The number of rotatable bonds is 5. The zero-order valence-electron chi connectivity index (χ0n) is 12.9. The molecule has 0 fully saturated rings. The third-order valence-electron chi connectivity index (χ3n) is 3.41. The van der Waals surface area contributed by atoms with Crippen molar-refractivity contribution in [2.24, 2.45) is 0 Å². The molecule has 1 nitrogen and oxygen atoms in total. The third-order valence-corrected chi connectivity index (χ3v) is 4.43. The van der Waals surface area contributed by atoms with Crippen molar-refractivity contribution in [3.63, 3.8) is 0 Å². The van der Waals surface area contributed by atoms with E-state index in [0.29, 0.717) is 6.42 Å². The highest BCUT2D eigenvalue weighted by molar-refractivity contribution is 7.99. The lowest BCUT2D eigenvalue weighted by molar-refractivity contribution is 0.0989. The number of ketones is 1. The molecule has 0 aliphatic carbocycles. The van der Waals surface area contributed by atoms with Gasteiger partial charge in [-0.1, -0.05) is 63.2 Å². The Morgan fingerprint density at radius 2 is 1.57 bits per heavy atom. The van der Waals surface area contributed by atoms with Crippen molar-refractivity contribution < 1.29 is 4.79 Å². The molecule has 0 heterocycles. The first-order chi connectivity index (χ1) is 9.97. The van der Waals surface area contributed by atoms with E-state index in [0.717, 1.165) is 11.3 Å². The SMILES string of the molecule is CC(C)(C)c1ccc(SCCC(=O)c2ccccc2)cc1. The fourth-order valence-electron chi connectivity index (χ4n) is 2.08. The highest BCUT2D eigenvalue weighted by atomic mass is 32.2. The normalized spacial score (nSPS) is 11.4. The monoisotopic (exact) mass is 298 g/mol. The number of hydrogen-bond acceptors (Lipinski definition) is 2. The van der Waals surface area contributed by atoms with Gasteiger partial charge in [-0.15, -0.1) is 11.8 Å². The number of thioether (sulfide) groups is 1. The van der Waals surface area contributed by atoms with Crippen molar-refractivity contribution >= 4 is 17.5 Å². The molecule has 2 heteroatoms. The molecule has 0 aliphatic heterocycles. The van der Waals surface area contributed by atoms with Crippen LogP contribution in [-0.4, -0.2) is 11.5 Å². The second kappa shape index (κ2) is 6.95. The Labute approximate surface area is 131 Å². The summed E-state index contributed by atoms with van der Waals surface area (Å²) in [6.45, 7) is 6.65. The molecule has 0 unspecified atom stereocenters. The van der Waals surface area contributed by atoms with E-state index in [9.17, 15) is 4.79 Å². The Balaban J connectivity index is 1.85. The van der Waals surface area contributed by atoms with Gasteiger partial charge in [0.25, 0.3) is 0 Å². The van der Waals surface area contributed by atoms with Gasteiger partial charge in [-0.05, 0) is 23.1 Å². The molecule has 21 heavy (non-hydrogen) atoms. The summed E-state index contributed by atoms with van der Waals surface area (Å²) >= 11 is 1.74. The molecule has 2 aromatic rings. The fraction of sp³-hybridized carbons (Fsp3) is 0.316. The van der Waals surface area contributed by atoms with Crippen molar-refractivity contribution in [2.75, 3.05) is 5.75 Å². The van der Waals surface area contributed by atoms with Crippen LogP contribution in [0.25, 0.3) is 0 Å². The number of carbonyl (C=O) groups excluding carboxylic acids is 1. The summed E-state index contributed by atoms with van der Waals surface area (Å²) in [7, 11) is 0. The van der Waals surface area contributed by atoms with Crippen LogP contribution in [0.3, 0.4) is 0 Å². The number of Topliss-reactive ketones (excluding diaryl/α,β-unsaturated/α-hetero) is 1. The molecule has 0 aromatic heterocycles. The van der Waals surface area contributed by atoms with E-state index in [4.69, 9.17) is 0 Å². The zero-order chi connectivity index (χ0) is 15.3. The second-order valence-electron chi connectivity index (χ2n) is 6.16. The van der Waals surface area contributed by atoms with Gasteiger partial charge in [-0.3, -0.25) is 4.79 Å². The van der Waals surface area contributed by atoms with Gasteiger partial charge in [-0.25, -0.2) is 0 Å². The largest absolute Gasteiger partial charge is 0.294 e. The topological polar surface area (TPSA) is 17.1 Å². The Morgan fingerprint density at radius 3 is 2.14 bits per heavy atom. The molecular formula is C19H22OS. The molecule has 0 saturated carbocycles. The lowest BCUT2D eigenvalue weighted by atomic mass is 9.87. The molecule has 2 rings (SSSR count). The summed E-state index contributed by atoms with van der Waals surface area (Å²) in [5.41, 5.74) is 2.33. The van der Waals surface area contributed by atoms with E-state index < -0.39 is 0 Å². The summed E-state index contributed by atoms with van der Waals surface area (Å²) in [5, 5.41) is 0. The number of benzene rings is 2. The molecule has 0 saturated heterocycles. The first kappa shape index (κ1) is 15.8. The van der Waals surface area contributed by atoms with Crippen LogP contribution in [-0.2, 0) is 5.41 Å². The number of carbonyl (C=O) groups is 1. The quantitative estimate of drug-likeness (QED) is 0.547. The van der Waals surface area contributed by atoms with Crippen molar-refractivity contribution in [1.29, 1.82) is 0 Å². The lowest BCUT2D eigenvalue weighted by Crippen LogP contribution is -2.10. The molecule has 2 aromatic carbocycles. The van der Waals surface area contributed by atoms with E-state index >= 15 is 0 Å². The van der Waals surface area contributed by atoms with Gasteiger partial charge < -0.3 is 0 Å². The molecule has 110 valence electrons. The Kier molecular flexibility index (Phi) is 5.24. The molecule has 0 spiro atoms. The summed E-state index contributed by atoms with van der Waals surface area (Å²) in [6.07, 6.45) is 0.579. The van der Waals surface area contributed by atoms with E-state index in [1.165, 1.54) is 10.5 Å². The minimum absolute atomic E-state index is 0.187. The van der Waals surface area contributed by atoms with Gasteiger partial charge in [0, 0.05) is 22.6 Å². The van der Waals surface area contributed by atoms with Gasteiger partial charge in [0.15, 0.2) is 5.78 Å². The van der Waals surface area contributed by atoms with Gasteiger partial charge in [-0.2, -0.15) is 0 Å². The third kappa shape index (κ3) is 4.75. The van der Waals surface area contributed by atoms with Crippen molar-refractivity contribution in [3.05, 3.63) is 65.7 Å². The van der Waals surface area contributed by atoms with Crippen LogP contribution in [0.5, 0.6) is 0 Å². The molecule has 0 amide bonds. The highest BCUT2D eigenvalue weighted by Gasteiger charge is 2.13. The van der Waals surface area contributed by atoms with Gasteiger partial charge in [0.05, 0.1) is 0 Å². The summed E-state index contributed by atoms with van der Waals surface area (Å²) < 4.78 is 0. The van der Waals surface area contributed by atoms with Crippen LogP contribution in [0.4, 0.5) is 0 Å². The van der Waals surface area contributed by atoms with E-state index in [2.05, 4.69) is 45.0 Å². The van der Waals surface area contributed by atoms with E-state index in [1.807, 2.05) is 30.3 Å².